The monoisotopic (exact) mass is 489 g/mol. The van der Waals surface area contributed by atoms with Crippen molar-refractivity contribution in [2.45, 2.75) is 27.7 Å². The molecular formula is C23H31N5O7. The summed E-state index contributed by atoms with van der Waals surface area (Å²) < 4.78 is 4.74. The van der Waals surface area contributed by atoms with E-state index in [0.29, 0.717) is 16.7 Å². The predicted octanol–water partition coefficient (Wildman–Crippen LogP) is 3.07. The molecule has 35 heavy (non-hydrogen) atoms. The van der Waals surface area contributed by atoms with Crippen LogP contribution >= 0.6 is 0 Å². The van der Waals surface area contributed by atoms with Crippen LogP contribution in [0.2, 0.25) is 0 Å². The van der Waals surface area contributed by atoms with Crippen molar-refractivity contribution in [1.82, 2.24) is 9.97 Å². The zero-order chi connectivity index (χ0) is 26.7. The summed E-state index contributed by atoms with van der Waals surface area (Å²) in [5, 5.41) is 18.3. The molecule has 0 bridgehead atoms. The zero-order valence-electron chi connectivity index (χ0n) is 19.6. The standard InChI is InChI=1S/C11H10N4O3.C10H11NO4.C2H6.2H2/c1-5(16)9(12)10(17)13-6-2-3-7-8(4-6)15-11(18)14-7;1-2-15-10(14)7-4-3-6(9(12)13)5-8(7)11;1-2;;/h2-4,12H,1H3,(H,13,17)(H2,14,15,18);3-5H,2,11H2,1H3,(H,12,13);1-2H3;2*1H. The van der Waals surface area contributed by atoms with Gasteiger partial charge in [-0.15, -0.1) is 0 Å². The summed E-state index contributed by atoms with van der Waals surface area (Å²) >= 11 is 0. The summed E-state index contributed by atoms with van der Waals surface area (Å²) in [5.74, 6) is -3.02. The Morgan fingerprint density at radius 1 is 1.09 bits per heavy atom. The summed E-state index contributed by atoms with van der Waals surface area (Å²) in [5.41, 5.74) is 6.44. The second-order valence-corrected chi connectivity index (χ2v) is 6.55. The second kappa shape index (κ2) is 13.1. The maximum absolute atomic E-state index is 11.5. The van der Waals surface area contributed by atoms with Gasteiger partial charge in [0, 0.05) is 21.2 Å². The fourth-order valence-electron chi connectivity index (χ4n) is 2.55. The number of aromatic nitrogens is 2. The molecule has 3 rings (SSSR count). The Labute approximate surface area is 203 Å². The summed E-state index contributed by atoms with van der Waals surface area (Å²) in [7, 11) is 0. The van der Waals surface area contributed by atoms with Gasteiger partial charge in [-0.1, -0.05) is 13.8 Å². The van der Waals surface area contributed by atoms with Crippen molar-refractivity contribution in [1.29, 1.82) is 5.41 Å². The Morgan fingerprint density at radius 2 is 1.71 bits per heavy atom. The number of anilines is 2. The number of H-pyrrole nitrogens is 2. The fourth-order valence-corrected chi connectivity index (χ4v) is 2.55. The molecule has 3 aromatic rings. The average molecular weight is 490 g/mol. The van der Waals surface area contributed by atoms with Gasteiger partial charge in [-0.2, -0.15) is 0 Å². The molecule has 0 aliphatic rings. The summed E-state index contributed by atoms with van der Waals surface area (Å²) in [6.07, 6.45) is 0. The number of hydrogen-bond donors (Lipinski definition) is 6. The summed E-state index contributed by atoms with van der Waals surface area (Å²) in [6, 6.07) is 8.60. The predicted molar refractivity (Wildman–Crippen MR) is 135 cm³/mol. The molecule has 0 saturated heterocycles. The molecule has 7 N–H and O–H groups in total. The molecule has 0 atom stereocenters. The minimum Gasteiger partial charge on any atom is -0.478 e. The molecule has 0 saturated carbocycles. The molecule has 12 nitrogen and oxygen atoms in total. The molecule has 1 aromatic heterocycles. The third-order valence-corrected chi connectivity index (χ3v) is 4.15. The van der Waals surface area contributed by atoms with Crippen LogP contribution in [0.4, 0.5) is 11.4 Å². The van der Waals surface area contributed by atoms with Gasteiger partial charge in [0.15, 0.2) is 11.5 Å². The van der Waals surface area contributed by atoms with Crippen LogP contribution in [0.15, 0.2) is 41.2 Å². The summed E-state index contributed by atoms with van der Waals surface area (Å²) in [6.45, 7) is 7.08. The minimum absolute atomic E-state index is 0. The van der Waals surface area contributed by atoms with Crippen molar-refractivity contribution in [3.05, 3.63) is 58.0 Å². The molecule has 0 radical (unpaired) electrons. The molecule has 1 amide bonds. The van der Waals surface area contributed by atoms with Crippen molar-refractivity contribution in [3.8, 4) is 0 Å². The number of rotatable bonds is 6. The molecule has 0 aliphatic carbocycles. The van der Waals surface area contributed by atoms with Crippen LogP contribution in [-0.2, 0) is 14.3 Å². The normalized spacial score (nSPS) is 9.60. The highest BCUT2D eigenvalue weighted by molar-refractivity contribution is 6.66. The average Bonchev–Trinajstić information content (AvgIpc) is 3.19. The Bertz CT molecular complexity index is 1320. The molecule has 2 aromatic carbocycles. The fraction of sp³-hybridized carbons (Fsp3) is 0.217. The van der Waals surface area contributed by atoms with Gasteiger partial charge >= 0.3 is 17.6 Å². The molecule has 0 aliphatic heterocycles. The molecule has 0 fully saturated rings. The first-order valence-corrected chi connectivity index (χ1v) is 10.5. The molecular weight excluding hydrogens is 458 g/mol. The number of Topliss-reactive ketones (excluding diaryl/α,β-unsaturated/α-hetero) is 1. The first-order chi connectivity index (χ1) is 16.5. The number of ketones is 1. The van der Waals surface area contributed by atoms with E-state index in [0.717, 1.165) is 6.92 Å². The number of imidazole rings is 1. The number of carbonyl (C=O) groups excluding carboxylic acids is 3. The number of nitrogens with one attached hydrogen (secondary N) is 4. The van der Waals surface area contributed by atoms with E-state index >= 15 is 0 Å². The van der Waals surface area contributed by atoms with E-state index in [2.05, 4.69) is 15.3 Å². The largest absolute Gasteiger partial charge is 0.478 e. The van der Waals surface area contributed by atoms with Crippen molar-refractivity contribution in [3.63, 3.8) is 0 Å². The number of nitrogens with two attached hydrogens (primary N) is 1. The highest BCUT2D eigenvalue weighted by atomic mass is 16.5. The lowest BCUT2D eigenvalue weighted by atomic mass is 10.1. The van der Waals surface area contributed by atoms with E-state index in [-0.39, 0.29) is 32.0 Å². The quantitative estimate of drug-likeness (QED) is 0.131. The van der Waals surface area contributed by atoms with Gasteiger partial charge in [0.1, 0.15) is 0 Å². The maximum Gasteiger partial charge on any atom is 0.340 e. The zero-order valence-corrected chi connectivity index (χ0v) is 19.6. The van der Waals surface area contributed by atoms with E-state index < -0.39 is 29.3 Å². The first kappa shape index (κ1) is 28.3. The van der Waals surface area contributed by atoms with E-state index in [1.54, 1.807) is 25.1 Å². The van der Waals surface area contributed by atoms with Gasteiger partial charge < -0.3 is 30.9 Å². The van der Waals surface area contributed by atoms with Gasteiger partial charge in [-0.3, -0.25) is 15.0 Å². The van der Waals surface area contributed by atoms with Crippen LogP contribution in [0.25, 0.3) is 11.0 Å². The van der Waals surface area contributed by atoms with Crippen LogP contribution in [0.1, 0.15) is 51.3 Å². The van der Waals surface area contributed by atoms with E-state index in [9.17, 15) is 24.0 Å². The highest BCUT2D eigenvalue weighted by Crippen LogP contribution is 2.16. The van der Waals surface area contributed by atoms with Crippen molar-refractivity contribution < 1.29 is 31.9 Å². The van der Waals surface area contributed by atoms with Gasteiger partial charge in [-0.25, -0.2) is 14.4 Å². The van der Waals surface area contributed by atoms with Crippen molar-refractivity contribution in [2.75, 3.05) is 17.7 Å². The number of benzene rings is 2. The molecule has 0 spiro atoms. The maximum atomic E-state index is 11.5. The number of aromatic amines is 2. The van der Waals surface area contributed by atoms with Crippen molar-refractivity contribution in [2.24, 2.45) is 0 Å². The SMILES string of the molecule is CC.CC(=O)C(=N)C(=O)Nc1ccc2[nH]c(=O)[nH]c2c1.CCOC(=O)c1ccc(C(=O)O)cc1N.[HH].[HH]. The second-order valence-electron chi connectivity index (χ2n) is 6.55. The lowest BCUT2D eigenvalue weighted by Crippen LogP contribution is -2.27. The minimum atomic E-state index is -1.09. The van der Waals surface area contributed by atoms with Crippen LogP contribution in [0.5, 0.6) is 0 Å². The number of carboxylic acids is 1. The Hall–Kier alpha value is -4.74. The summed E-state index contributed by atoms with van der Waals surface area (Å²) in [4.78, 5) is 60.3. The van der Waals surface area contributed by atoms with Gasteiger partial charge in [0.05, 0.1) is 28.8 Å². The molecule has 1 heterocycles. The van der Waals surface area contributed by atoms with Crippen LogP contribution < -0.4 is 16.7 Å². The number of ether oxygens (including phenoxy) is 1. The van der Waals surface area contributed by atoms with E-state index in [1.165, 1.54) is 18.2 Å². The van der Waals surface area contributed by atoms with Crippen LogP contribution in [0.3, 0.4) is 0 Å². The molecule has 12 heteroatoms. The topological polar surface area (TPSA) is 208 Å². The third kappa shape index (κ3) is 7.96. The highest BCUT2D eigenvalue weighted by Gasteiger charge is 2.14. The third-order valence-electron chi connectivity index (χ3n) is 4.15. The van der Waals surface area contributed by atoms with Crippen LogP contribution in [-0.4, -0.2) is 51.0 Å². The number of nitrogen functional groups attached to an aromatic ring is 1. The smallest absolute Gasteiger partial charge is 0.340 e. The number of amides is 1. The van der Waals surface area contributed by atoms with E-state index in [1.807, 2.05) is 13.8 Å². The van der Waals surface area contributed by atoms with Crippen molar-refractivity contribution >= 4 is 51.7 Å². The number of carbonyl (C=O) groups is 4. The number of aromatic carboxylic acids is 1. The van der Waals surface area contributed by atoms with E-state index in [4.69, 9.17) is 21.0 Å². The number of carboxylic acid groups (broad SMARTS) is 1. The Balaban J connectivity index is 0. The number of fused-ring (bicyclic) bond motifs is 1. The van der Waals surface area contributed by atoms with Crippen LogP contribution in [0, 0.1) is 5.41 Å². The number of hydrogen-bond acceptors (Lipinski definition) is 8. The first-order valence-electron chi connectivity index (χ1n) is 10.5. The van der Waals surface area contributed by atoms with Gasteiger partial charge in [0.2, 0.25) is 0 Å². The lowest BCUT2D eigenvalue weighted by Gasteiger charge is -2.05. The Morgan fingerprint density at radius 3 is 2.26 bits per heavy atom. The van der Waals surface area contributed by atoms with Gasteiger partial charge in [0.25, 0.3) is 5.91 Å². The number of esters is 1. The van der Waals surface area contributed by atoms with Gasteiger partial charge in [-0.05, 0) is 43.3 Å². The lowest BCUT2D eigenvalue weighted by molar-refractivity contribution is -0.114. The Kier molecular flexibility index (Phi) is 10.6. The molecule has 0 unspecified atom stereocenters. The molecule has 190 valence electrons.